The first-order valence-electron chi connectivity index (χ1n) is 6.72. The van der Waals surface area contributed by atoms with Crippen LogP contribution in [-0.4, -0.2) is 18.3 Å². The van der Waals surface area contributed by atoms with Gasteiger partial charge in [0.2, 0.25) is 0 Å². The van der Waals surface area contributed by atoms with Gasteiger partial charge in [0.05, 0.1) is 18.2 Å². The maximum absolute atomic E-state index is 9.47. The second kappa shape index (κ2) is 6.50. The first-order chi connectivity index (χ1) is 10.2. The van der Waals surface area contributed by atoms with Gasteiger partial charge >= 0.3 is 0 Å². The summed E-state index contributed by atoms with van der Waals surface area (Å²) < 4.78 is 11.3. The summed E-state index contributed by atoms with van der Waals surface area (Å²) in [4.78, 5) is 1.01. The van der Waals surface area contributed by atoms with Crippen LogP contribution in [-0.2, 0) is 5.75 Å². The summed E-state index contributed by atoms with van der Waals surface area (Å²) in [7, 11) is 0. The van der Waals surface area contributed by atoms with Gasteiger partial charge in [-0.05, 0) is 35.9 Å². The van der Waals surface area contributed by atoms with Crippen LogP contribution in [0.25, 0.3) is 0 Å². The van der Waals surface area contributed by atoms with Crippen LogP contribution in [0.15, 0.2) is 41.3 Å². The molecule has 2 aromatic rings. The number of halogens is 1. The van der Waals surface area contributed by atoms with Crippen molar-refractivity contribution in [3.05, 3.63) is 47.0 Å². The molecule has 1 aliphatic rings. The first kappa shape index (κ1) is 14.4. The number of aromatic hydroxyl groups is 1. The molecule has 0 spiro atoms. The number of thioether (sulfide) groups is 1. The third kappa shape index (κ3) is 3.57. The number of phenolic OH excluding ortho intramolecular Hbond substituents is 1. The lowest BCUT2D eigenvalue weighted by molar-refractivity contribution is 0.297. The minimum absolute atomic E-state index is 0.275. The SMILES string of the molecule is Oc1cccc(SCc2cc(Cl)c3c(c2)OCCCO3)c1. The molecule has 2 aromatic carbocycles. The van der Waals surface area contributed by atoms with E-state index in [2.05, 4.69) is 0 Å². The molecule has 110 valence electrons. The minimum Gasteiger partial charge on any atom is -0.508 e. The molecule has 0 aliphatic carbocycles. The summed E-state index contributed by atoms with van der Waals surface area (Å²) in [6, 6.07) is 11.1. The van der Waals surface area contributed by atoms with Crippen LogP contribution in [0, 0.1) is 0 Å². The number of ether oxygens (including phenoxy) is 2. The van der Waals surface area contributed by atoms with Crippen LogP contribution < -0.4 is 9.47 Å². The summed E-state index contributed by atoms with van der Waals surface area (Å²) in [5.41, 5.74) is 1.07. The average molecular weight is 323 g/mol. The molecule has 21 heavy (non-hydrogen) atoms. The highest BCUT2D eigenvalue weighted by Crippen LogP contribution is 2.39. The molecule has 3 rings (SSSR count). The standard InChI is InChI=1S/C16H15ClO3S/c17-14-7-11(8-15-16(14)20-6-2-5-19-15)10-21-13-4-1-3-12(18)9-13/h1,3-4,7-9,18H,2,5-6,10H2. The Bertz CT molecular complexity index is 645. The fourth-order valence-corrected chi connectivity index (χ4v) is 3.27. The van der Waals surface area contributed by atoms with E-state index in [9.17, 15) is 5.11 Å². The highest BCUT2D eigenvalue weighted by atomic mass is 35.5. The molecule has 1 heterocycles. The highest BCUT2D eigenvalue weighted by Gasteiger charge is 2.15. The lowest BCUT2D eigenvalue weighted by Gasteiger charge is -2.11. The number of hydrogen-bond donors (Lipinski definition) is 1. The Morgan fingerprint density at radius 2 is 2.00 bits per heavy atom. The Morgan fingerprint density at radius 3 is 2.86 bits per heavy atom. The van der Waals surface area contributed by atoms with Gasteiger partial charge in [0.1, 0.15) is 5.75 Å². The number of fused-ring (bicyclic) bond motifs is 1. The Morgan fingerprint density at radius 1 is 1.14 bits per heavy atom. The normalized spacial score (nSPS) is 13.8. The molecular weight excluding hydrogens is 308 g/mol. The number of benzene rings is 2. The quantitative estimate of drug-likeness (QED) is 0.844. The topological polar surface area (TPSA) is 38.7 Å². The van der Waals surface area contributed by atoms with Gasteiger partial charge in [0, 0.05) is 17.1 Å². The molecular formula is C16H15ClO3S. The Balaban J connectivity index is 1.77. The van der Waals surface area contributed by atoms with Crippen molar-refractivity contribution in [1.82, 2.24) is 0 Å². The minimum atomic E-state index is 0.275. The van der Waals surface area contributed by atoms with Crippen LogP contribution in [0.4, 0.5) is 0 Å². The third-order valence-corrected chi connectivity index (χ3v) is 4.43. The molecule has 1 N–H and O–H groups in total. The van der Waals surface area contributed by atoms with Gasteiger partial charge in [-0.2, -0.15) is 0 Å². The summed E-state index contributed by atoms with van der Waals surface area (Å²) in [6.45, 7) is 1.27. The van der Waals surface area contributed by atoms with E-state index < -0.39 is 0 Å². The van der Waals surface area contributed by atoms with E-state index in [1.54, 1.807) is 23.9 Å². The lowest BCUT2D eigenvalue weighted by Crippen LogP contribution is -1.97. The van der Waals surface area contributed by atoms with Crippen molar-refractivity contribution in [2.45, 2.75) is 17.1 Å². The molecule has 0 saturated carbocycles. The zero-order valence-corrected chi connectivity index (χ0v) is 12.9. The van der Waals surface area contributed by atoms with E-state index in [0.29, 0.717) is 29.7 Å². The largest absolute Gasteiger partial charge is 0.508 e. The fourth-order valence-electron chi connectivity index (χ4n) is 2.11. The molecule has 0 fully saturated rings. The van der Waals surface area contributed by atoms with E-state index in [-0.39, 0.29) is 5.75 Å². The van der Waals surface area contributed by atoms with Crippen molar-refractivity contribution < 1.29 is 14.6 Å². The van der Waals surface area contributed by atoms with Gasteiger partial charge in [-0.25, -0.2) is 0 Å². The first-order valence-corrected chi connectivity index (χ1v) is 8.08. The number of rotatable bonds is 3. The number of phenols is 1. The zero-order valence-electron chi connectivity index (χ0n) is 11.3. The van der Waals surface area contributed by atoms with E-state index >= 15 is 0 Å². The van der Waals surface area contributed by atoms with Crippen LogP contribution in [0.5, 0.6) is 17.2 Å². The molecule has 0 amide bonds. The van der Waals surface area contributed by atoms with Crippen molar-refractivity contribution in [1.29, 1.82) is 0 Å². The van der Waals surface area contributed by atoms with E-state index in [0.717, 1.165) is 22.6 Å². The second-order valence-corrected chi connectivity index (χ2v) is 6.20. The molecule has 5 heteroatoms. The highest BCUT2D eigenvalue weighted by molar-refractivity contribution is 7.98. The lowest BCUT2D eigenvalue weighted by atomic mass is 10.2. The summed E-state index contributed by atoms with van der Waals surface area (Å²) in [5.74, 6) is 2.38. The number of hydrogen-bond acceptors (Lipinski definition) is 4. The molecule has 1 aliphatic heterocycles. The van der Waals surface area contributed by atoms with Crippen LogP contribution in [0.2, 0.25) is 5.02 Å². The van der Waals surface area contributed by atoms with Crippen LogP contribution >= 0.6 is 23.4 Å². The maximum Gasteiger partial charge on any atom is 0.179 e. The van der Waals surface area contributed by atoms with Gasteiger partial charge < -0.3 is 14.6 Å². The third-order valence-electron chi connectivity index (χ3n) is 3.09. The molecule has 0 saturated heterocycles. The molecule has 3 nitrogen and oxygen atoms in total. The van der Waals surface area contributed by atoms with Gasteiger partial charge in [-0.1, -0.05) is 17.7 Å². The van der Waals surface area contributed by atoms with Crippen molar-refractivity contribution >= 4 is 23.4 Å². The Hall–Kier alpha value is -1.52. The van der Waals surface area contributed by atoms with Crippen molar-refractivity contribution in [2.24, 2.45) is 0 Å². The average Bonchev–Trinajstić information content (AvgIpc) is 2.71. The molecule has 0 bridgehead atoms. The van der Waals surface area contributed by atoms with Crippen molar-refractivity contribution in [3.8, 4) is 17.2 Å². The van der Waals surface area contributed by atoms with Crippen molar-refractivity contribution in [3.63, 3.8) is 0 Å². The molecule has 0 radical (unpaired) electrons. The Kier molecular flexibility index (Phi) is 4.46. The van der Waals surface area contributed by atoms with E-state index in [4.69, 9.17) is 21.1 Å². The fraction of sp³-hybridized carbons (Fsp3) is 0.250. The summed E-state index contributed by atoms with van der Waals surface area (Å²) in [5, 5.41) is 10.1. The van der Waals surface area contributed by atoms with Gasteiger partial charge in [-0.15, -0.1) is 11.8 Å². The summed E-state index contributed by atoms with van der Waals surface area (Å²) in [6.07, 6.45) is 0.860. The predicted octanol–water partition coefficient (Wildman–Crippen LogP) is 4.50. The summed E-state index contributed by atoms with van der Waals surface area (Å²) >= 11 is 7.91. The smallest absolute Gasteiger partial charge is 0.179 e. The van der Waals surface area contributed by atoms with E-state index in [1.165, 1.54) is 0 Å². The van der Waals surface area contributed by atoms with Crippen molar-refractivity contribution in [2.75, 3.05) is 13.2 Å². The van der Waals surface area contributed by atoms with Crippen LogP contribution in [0.1, 0.15) is 12.0 Å². The van der Waals surface area contributed by atoms with Gasteiger partial charge in [0.15, 0.2) is 11.5 Å². The predicted molar refractivity (Wildman–Crippen MR) is 84.7 cm³/mol. The van der Waals surface area contributed by atoms with E-state index in [1.807, 2.05) is 24.3 Å². The molecule has 0 aromatic heterocycles. The Labute approximate surface area is 132 Å². The maximum atomic E-state index is 9.47. The molecule has 0 atom stereocenters. The zero-order chi connectivity index (χ0) is 14.7. The second-order valence-electron chi connectivity index (χ2n) is 4.74. The monoisotopic (exact) mass is 322 g/mol. The van der Waals surface area contributed by atoms with Gasteiger partial charge in [-0.3, -0.25) is 0 Å². The van der Waals surface area contributed by atoms with Gasteiger partial charge in [0.25, 0.3) is 0 Å². The van der Waals surface area contributed by atoms with Crippen LogP contribution in [0.3, 0.4) is 0 Å². The molecule has 0 unspecified atom stereocenters.